The van der Waals surface area contributed by atoms with E-state index in [4.69, 9.17) is 18.0 Å². The van der Waals surface area contributed by atoms with E-state index in [0.29, 0.717) is 16.9 Å². The Morgan fingerprint density at radius 3 is 2.62 bits per heavy atom. The van der Waals surface area contributed by atoms with Gasteiger partial charge in [-0.05, 0) is 37.8 Å². The molecule has 0 radical (unpaired) electrons. The second-order valence-electron chi connectivity index (χ2n) is 5.96. The van der Waals surface area contributed by atoms with Gasteiger partial charge in [-0.1, -0.05) is 44.3 Å². The molecule has 4 heteroatoms. The lowest BCUT2D eigenvalue weighted by Gasteiger charge is -2.18. The van der Waals surface area contributed by atoms with Crippen molar-refractivity contribution in [1.29, 1.82) is 0 Å². The van der Waals surface area contributed by atoms with Gasteiger partial charge in [-0.25, -0.2) is 4.98 Å². The van der Waals surface area contributed by atoms with E-state index in [9.17, 15) is 0 Å². The van der Waals surface area contributed by atoms with Gasteiger partial charge in [-0.15, -0.1) is 0 Å². The van der Waals surface area contributed by atoms with Crippen LogP contribution >= 0.6 is 12.2 Å². The van der Waals surface area contributed by atoms with Crippen LogP contribution in [0.1, 0.15) is 39.2 Å². The fourth-order valence-electron chi connectivity index (χ4n) is 2.30. The maximum atomic E-state index is 5.85. The van der Waals surface area contributed by atoms with E-state index in [2.05, 4.69) is 31.1 Å². The number of nitrogens with two attached hydrogens (primary N) is 1. The van der Waals surface area contributed by atoms with E-state index < -0.39 is 0 Å². The van der Waals surface area contributed by atoms with E-state index in [0.717, 1.165) is 28.7 Å². The fraction of sp³-hybridized carbons (Fsp3) is 0.412. The van der Waals surface area contributed by atoms with Crippen LogP contribution in [0.3, 0.4) is 0 Å². The minimum absolute atomic E-state index is 0.342. The van der Waals surface area contributed by atoms with Crippen LogP contribution in [0, 0.1) is 5.92 Å². The highest BCUT2D eigenvalue weighted by Gasteiger charge is 2.12. The van der Waals surface area contributed by atoms with Crippen molar-refractivity contribution >= 4 is 33.9 Å². The molecular formula is C17H23N3S. The highest BCUT2D eigenvalue weighted by atomic mass is 32.1. The number of fused-ring (bicyclic) bond motifs is 1. The summed E-state index contributed by atoms with van der Waals surface area (Å²) in [5.74, 6) is 1.49. The number of hydrogen-bond donors (Lipinski definition) is 2. The summed E-state index contributed by atoms with van der Waals surface area (Å²) < 4.78 is 0. The lowest BCUT2D eigenvalue weighted by molar-refractivity contribution is 0.527. The van der Waals surface area contributed by atoms with E-state index in [1.165, 1.54) is 6.42 Å². The van der Waals surface area contributed by atoms with E-state index in [1.54, 1.807) is 0 Å². The molecule has 1 aromatic carbocycles. The zero-order valence-electron chi connectivity index (χ0n) is 12.9. The molecular weight excluding hydrogens is 278 g/mol. The standard InChI is InChI=1S/C17H23N3S/c1-11(2)8-9-12(3)19-17-14(16(18)21)10-13-6-4-5-7-15(13)20-17/h4-7,10-12H,8-9H2,1-3H3,(H2,18,21)(H,19,20). The maximum absolute atomic E-state index is 5.85. The lowest BCUT2D eigenvalue weighted by atomic mass is 10.0. The molecule has 1 unspecified atom stereocenters. The van der Waals surface area contributed by atoms with Gasteiger partial charge >= 0.3 is 0 Å². The smallest absolute Gasteiger partial charge is 0.137 e. The summed E-state index contributed by atoms with van der Waals surface area (Å²) in [6.07, 6.45) is 2.28. The molecule has 0 saturated heterocycles. The summed E-state index contributed by atoms with van der Waals surface area (Å²) in [6, 6.07) is 10.4. The first-order valence-corrected chi connectivity index (χ1v) is 7.84. The van der Waals surface area contributed by atoms with Crippen molar-refractivity contribution in [2.75, 3.05) is 5.32 Å². The molecule has 2 aromatic rings. The summed E-state index contributed by atoms with van der Waals surface area (Å²) >= 11 is 5.17. The van der Waals surface area contributed by atoms with Gasteiger partial charge in [0.05, 0.1) is 11.1 Å². The minimum Gasteiger partial charge on any atom is -0.389 e. The number of rotatable bonds is 6. The van der Waals surface area contributed by atoms with Gasteiger partial charge < -0.3 is 11.1 Å². The van der Waals surface area contributed by atoms with E-state index >= 15 is 0 Å². The Morgan fingerprint density at radius 1 is 1.24 bits per heavy atom. The van der Waals surface area contributed by atoms with Crippen molar-refractivity contribution in [3.63, 3.8) is 0 Å². The highest BCUT2D eigenvalue weighted by molar-refractivity contribution is 7.80. The van der Waals surface area contributed by atoms with Gasteiger partial charge in [0.1, 0.15) is 10.8 Å². The van der Waals surface area contributed by atoms with Crippen molar-refractivity contribution in [1.82, 2.24) is 4.98 Å². The van der Waals surface area contributed by atoms with Gasteiger partial charge in [0.2, 0.25) is 0 Å². The Kier molecular flexibility index (Phi) is 5.12. The maximum Gasteiger partial charge on any atom is 0.137 e. The SMILES string of the molecule is CC(C)CCC(C)Nc1nc2ccccc2cc1C(N)=S. The molecule has 1 heterocycles. The van der Waals surface area contributed by atoms with Crippen LogP contribution in [0.15, 0.2) is 30.3 Å². The third-order valence-electron chi connectivity index (χ3n) is 3.55. The molecule has 0 fully saturated rings. The summed E-state index contributed by atoms with van der Waals surface area (Å²) in [4.78, 5) is 5.07. The third-order valence-corrected chi connectivity index (χ3v) is 3.77. The topological polar surface area (TPSA) is 50.9 Å². The number of para-hydroxylation sites is 1. The Morgan fingerprint density at radius 2 is 1.95 bits per heavy atom. The minimum atomic E-state index is 0.342. The summed E-state index contributed by atoms with van der Waals surface area (Å²) in [7, 11) is 0. The summed E-state index contributed by atoms with van der Waals surface area (Å²) in [5.41, 5.74) is 7.63. The molecule has 1 aromatic heterocycles. The zero-order chi connectivity index (χ0) is 15.4. The van der Waals surface area contributed by atoms with Crippen molar-refractivity contribution in [3.8, 4) is 0 Å². The Hall–Kier alpha value is -1.68. The van der Waals surface area contributed by atoms with E-state index in [-0.39, 0.29) is 0 Å². The first-order valence-electron chi connectivity index (χ1n) is 7.43. The van der Waals surface area contributed by atoms with Crippen LogP contribution in [-0.4, -0.2) is 16.0 Å². The van der Waals surface area contributed by atoms with Crippen LogP contribution in [0.25, 0.3) is 10.9 Å². The monoisotopic (exact) mass is 301 g/mol. The lowest BCUT2D eigenvalue weighted by Crippen LogP contribution is -2.21. The molecule has 3 N–H and O–H groups in total. The Bertz CT molecular complexity index is 637. The molecule has 3 nitrogen and oxygen atoms in total. The normalized spacial score (nSPS) is 12.6. The van der Waals surface area contributed by atoms with Crippen LogP contribution in [0.2, 0.25) is 0 Å². The van der Waals surface area contributed by atoms with Crippen LogP contribution in [0.5, 0.6) is 0 Å². The van der Waals surface area contributed by atoms with Gasteiger partial charge in [-0.2, -0.15) is 0 Å². The number of thiocarbonyl (C=S) groups is 1. The number of nitrogens with one attached hydrogen (secondary N) is 1. The van der Waals surface area contributed by atoms with Crippen molar-refractivity contribution in [2.24, 2.45) is 11.7 Å². The molecule has 0 saturated carbocycles. The van der Waals surface area contributed by atoms with Gasteiger partial charge in [0, 0.05) is 11.4 Å². The summed E-state index contributed by atoms with van der Waals surface area (Å²) in [6.45, 7) is 6.64. The molecule has 21 heavy (non-hydrogen) atoms. The molecule has 0 aliphatic heterocycles. The highest BCUT2D eigenvalue weighted by Crippen LogP contribution is 2.22. The van der Waals surface area contributed by atoms with Crippen LogP contribution in [-0.2, 0) is 0 Å². The first-order chi connectivity index (χ1) is 9.97. The average molecular weight is 301 g/mol. The van der Waals surface area contributed by atoms with Gasteiger partial charge in [0.25, 0.3) is 0 Å². The van der Waals surface area contributed by atoms with Gasteiger partial charge in [-0.3, -0.25) is 0 Å². The molecule has 0 aliphatic rings. The van der Waals surface area contributed by atoms with Gasteiger partial charge in [0.15, 0.2) is 0 Å². The molecule has 0 spiro atoms. The van der Waals surface area contributed by atoms with Crippen molar-refractivity contribution < 1.29 is 0 Å². The predicted molar refractivity (Wildman–Crippen MR) is 94.8 cm³/mol. The first kappa shape index (κ1) is 15.7. The number of aromatic nitrogens is 1. The van der Waals surface area contributed by atoms with E-state index in [1.807, 2.05) is 30.3 Å². The average Bonchev–Trinajstić information content (AvgIpc) is 2.44. The third kappa shape index (κ3) is 4.14. The number of benzene rings is 1. The number of pyridine rings is 1. The Labute approximate surface area is 132 Å². The molecule has 0 aliphatic carbocycles. The fourth-order valence-corrected chi connectivity index (χ4v) is 2.46. The Balaban J connectivity index is 2.28. The number of nitrogens with zero attached hydrogens (tertiary/aromatic N) is 1. The zero-order valence-corrected chi connectivity index (χ0v) is 13.7. The molecule has 2 rings (SSSR count). The molecule has 112 valence electrons. The van der Waals surface area contributed by atoms with Crippen LogP contribution in [0.4, 0.5) is 5.82 Å². The predicted octanol–water partition coefficient (Wildman–Crippen LogP) is 4.11. The van der Waals surface area contributed by atoms with Crippen molar-refractivity contribution in [3.05, 3.63) is 35.9 Å². The largest absolute Gasteiger partial charge is 0.389 e. The molecule has 0 bridgehead atoms. The molecule has 0 amide bonds. The van der Waals surface area contributed by atoms with Crippen molar-refractivity contribution in [2.45, 2.75) is 39.7 Å². The second kappa shape index (κ2) is 6.85. The quantitative estimate of drug-likeness (QED) is 0.789. The molecule has 1 atom stereocenters. The second-order valence-corrected chi connectivity index (χ2v) is 6.40. The van der Waals surface area contributed by atoms with Crippen LogP contribution < -0.4 is 11.1 Å². The summed E-state index contributed by atoms with van der Waals surface area (Å²) in [5, 5.41) is 4.52. The number of hydrogen-bond acceptors (Lipinski definition) is 3. The number of anilines is 1.